The third-order valence-corrected chi connectivity index (χ3v) is 9.19. The van der Waals surface area contributed by atoms with Crippen LogP contribution >= 0.6 is 15.9 Å². The van der Waals surface area contributed by atoms with Crippen molar-refractivity contribution < 1.29 is 31.9 Å². The highest BCUT2D eigenvalue weighted by Crippen LogP contribution is 2.33. The standard InChI is InChI=1S/C31H37BrF4N4O3/c1-37(29(41)23-15-24(31(34,35)36)17-25(32)16-23)18-22(21-4-6-26(33)7-5-21)8-9-38-19-27(20-38)39-10-12-40(13-11-39)30(42)28-3-2-14-43-28/h4-7,15-17,22,27-28H,2-3,8-14,18-20H2,1H3/t22-,28?/m1/s1. The Hall–Kier alpha value is -2.54. The van der Waals surface area contributed by atoms with E-state index in [9.17, 15) is 27.2 Å². The van der Waals surface area contributed by atoms with E-state index in [2.05, 4.69) is 25.7 Å². The summed E-state index contributed by atoms with van der Waals surface area (Å²) in [4.78, 5) is 34.0. The summed E-state index contributed by atoms with van der Waals surface area (Å²) in [5.41, 5.74) is -0.0718. The molecule has 12 heteroatoms. The number of benzene rings is 2. The Morgan fingerprint density at radius 2 is 1.77 bits per heavy atom. The van der Waals surface area contributed by atoms with Gasteiger partial charge in [0, 0.05) is 81.5 Å². The van der Waals surface area contributed by atoms with Crippen LogP contribution in [0.25, 0.3) is 0 Å². The number of likely N-dealkylation sites (tertiary alicyclic amines) is 1. The maximum atomic E-state index is 13.7. The van der Waals surface area contributed by atoms with Crippen LogP contribution in [0.2, 0.25) is 0 Å². The second kappa shape index (κ2) is 13.6. The molecule has 0 N–H and O–H groups in total. The number of alkyl halides is 3. The lowest BCUT2D eigenvalue weighted by Gasteiger charge is -2.48. The Kier molecular flexibility index (Phi) is 10.1. The SMILES string of the molecule is CN(C[C@@H](CCN1CC(N2CCN(C(=O)C3CCCO3)CC2)C1)c1ccc(F)cc1)C(=O)c1cc(Br)cc(C(F)(F)F)c1. The van der Waals surface area contributed by atoms with Crippen molar-refractivity contribution in [3.05, 3.63) is 69.4 Å². The number of halogens is 5. The Balaban J connectivity index is 1.14. The molecule has 3 saturated heterocycles. The van der Waals surface area contributed by atoms with Crippen LogP contribution in [0.1, 0.15) is 46.7 Å². The van der Waals surface area contributed by atoms with Crippen LogP contribution in [-0.4, -0.2) is 110 Å². The maximum Gasteiger partial charge on any atom is 0.416 e. The molecule has 0 aromatic heterocycles. The van der Waals surface area contributed by atoms with Gasteiger partial charge in [-0.15, -0.1) is 0 Å². The van der Waals surface area contributed by atoms with Gasteiger partial charge >= 0.3 is 6.18 Å². The van der Waals surface area contributed by atoms with Gasteiger partial charge in [0.2, 0.25) is 0 Å². The fourth-order valence-corrected chi connectivity index (χ4v) is 6.68. The summed E-state index contributed by atoms with van der Waals surface area (Å²) in [5.74, 6) is -0.887. The van der Waals surface area contributed by atoms with Gasteiger partial charge in [-0.25, -0.2) is 4.39 Å². The molecule has 0 saturated carbocycles. The van der Waals surface area contributed by atoms with E-state index in [-0.39, 0.29) is 40.3 Å². The molecule has 3 aliphatic heterocycles. The summed E-state index contributed by atoms with van der Waals surface area (Å²) < 4.78 is 59.4. The largest absolute Gasteiger partial charge is 0.416 e. The van der Waals surface area contributed by atoms with Crippen LogP contribution in [0.15, 0.2) is 46.9 Å². The van der Waals surface area contributed by atoms with Crippen molar-refractivity contribution >= 4 is 27.7 Å². The van der Waals surface area contributed by atoms with Gasteiger partial charge in [-0.3, -0.25) is 14.5 Å². The molecule has 0 radical (unpaired) electrons. The van der Waals surface area contributed by atoms with Crippen LogP contribution in [0, 0.1) is 5.82 Å². The molecule has 2 aromatic carbocycles. The first-order valence-corrected chi connectivity index (χ1v) is 15.5. The summed E-state index contributed by atoms with van der Waals surface area (Å²) in [6.07, 6.45) is -2.40. The minimum absolute atomic E-state index is 0.0507. The topological polar surface area (TPSA) is 56.3 Å². The molecule has 7 nitrogen and oxygen atoms in total. The Bertz CT molecular complexity index is 1270. The summed E-state index contributed by atoms with van der Waals surface area (Å²) >= 11 is 3.09. The molecule has 0 aliphatic carbocycles. The van der Waals surface area contributed by atoms with E-state index in [4.69, 9.17) is 4.74 Å². The van der Waals surface area contributed by atoms with E-state index in [1.807, 2.05) is 4.90 Å². The first-order valence-electron chi connectivity index (χ1n) is 14.7. The Labute approximate surface area is 257 Å². The van der Waals surface area contributed by atoms with Gasteiger partial charge in [0.15, 0.2) is 0 Å². The molecule has 43 heavy (non-hydrogen) atoms. The average Bonchev–Trinajstić information content (AvgIpc) is 3.50. The predicted molar refractivity (Wildman–Crippen MR) is 157 cm³/mol. The number of rotatable bonds is 9. The van der Waals surface area contributed by atoms with E-state index >= 15 is 0 Å². The van der Waals surface area contributed by atoms with Gasteiger partial charge in [0.1, 0.15) is 11.9 Å². The zero-order valence-corrected chi connectivity index (χ0v) is 25.7. The zero-order chi connectivity index (χ0) is 30.7. The van der Waals surface area contributed by atoms with E-state index in [1.54, 1.807) is 19.2 Å². The van der Waals surface area contributed by atoms with E-state index in [0.29, 0.717) is 32.2 Å². The number of amides is 2. The van der Waals surface area contributed by atoms with Gasteiger partial charge in [-0.1, -0.05) is 28.1 Å². The van der Waals surface area contributed by atoms with Crippen LogP contribution in [0.3, 0.4) is 0 Å². The first-order chi connectivity index (χ1) is 20.5. The minimum Gasteiger partial charge on any atom is -0.368 e. The number of likely N-dealkylation sites (N-methyl/N-ethyl adjacent to an activating group) is 1. The van der Waals surface area contributed by atoms with Gasteiger partial charge in [0.25, 0.3) is 11.8 Å². The van der Waals surface area contributed by atoms with Crippen molar-refractivity contribution in [2.24, 2.45) is 0 Å². The molecule has 3 aliphatic rings. The third kappa shape index (κ3) is 7.95. The number of ether oxygens (including phenoxy) is 1. The third-order valence-electron chi connectivity index (χ3n) is 8.73. The number of carbonyl (C=O) groups is 2. The van der Waals surface area contributed by atoms with E-state index in [1.165, 1.54) is 23.1 Å². The molecule has 2 amide bonds. The van der Waals surface area contributed by atoms with Crippen LogP contribution in [-0.2, 0) is 15.7 Å². The van der Waals surface area contributed by atoms with Gasteiger partial charge in [-0.05, 0) is 61.7 Å². The number of hydrogen-bond donors (Lipinski definition) is 0. The molecule has 2 atom stereocenters. The second-order valence-electron chi connectivity index (χ2n) is 11.7. The summed E-state index contributed by atoms with van der Waals surface area (Å²) in [6.45, 7) is 6.63. The molecule has 2 aromatic rings. The highest BCUT2D eigenvalue weighted by atomic mass is 79.9. The molecule has 0 bridgehead atoms. The van der Waals surface area contributed by atoms with Crippen molar-refractivity contribution in [3.8, 4) is 0 Å². The smallest absolute Gasteiger partial charge is 0.368 e. The highest BCUT2D eigenvalue weighted by molar-refractivity contribution is 9.10. The Morgan fingerprint density at radius 3 is 2.40 bits per heavy atom. The molecular formula is C31H37BrF4N4O3. The molecule has 0 spiro atoms. The minimum atomic E-state index is -4.57. The first kappa shape index (κ1) is 31.9. The summed E-state index contributed by atoms with van der Waals surface area (Å²) in [6, 6.07) is 9.81. The predicted octanol–water partition coefficient (Wildman–Crippen LogP) is 4.86. The quantitative estimate of drug-likeness (QED) is 0.358. The summed E-state index contributed by atoms with van der Waals surface area (Å²) in [7, 11) is 1.58. The maximum absolute atomic E-state index is 13.7. The molecule has 1 unspecified atom stereocenters. The molecule has 5 rings (SSSR count). The monoisotopic (exact) mass is 668 g/mol. The highest BCUT2D eigenvalue weighted by Gasteiger charge is 2.36. The fraction of sp³-hybridized carbons (Fsp3) is 0.548. The normalized spacial score (nSPS) is 21.1. The van der Waals surface area contributed by atoms with Crippen molar-refractivity contribution in [3.63, 3.8) is 0 Å². The number of carbonyl (C=O) groups excluding carboxylic acids is 2. The number of piperazine rings is 1. The lowest BCUT2D eigenvalue weighted by Crippen LogP contribution is -2.63. The molecular weight excluding hydrogens is 632 g/mol. The van der Waals surface area contributed by atoms with Crippen molar-refractivity contribution in [1.82, 2.24) is 19.6 Å². The number of nitrogens with zero attached hydrogens (tertiary/aromatic N) is 4. The molecule has 3 fully saturated rings. The fourth-order valence-electron chi connectivity index (χ4n) is 6.19. The van der Waals surface area contributed by atoms with E-state index < -0.39 is 17.6 Å². The molecule has 234 valence electrons. The lowest BCUT2D eigenvalue weighted by molar-refractivity contribution is -0.143. The molecule has 3 heterocycles. The Morgan fingerprint density at radius 1 is 1.07 bits per heavy atom. The summed E-state index contributed by atoms with van der Waals surface area (Å²) in [5, 5.41) is 0. The van der Waals surface area contributed by atoms with Crippen LogP contribution < -0.4 is 0 Å². The lowest BCUT2D eigenvalue weighted by atomic mass is 9.93. The number of hydrogen-bond acceptors (Lipinski definition) is 5. The van der Waals surface area contributed by atoms with Crippen molar-refractivity contribution in [2.45, 2.75) is 43.5 Å². The van der Waals surface area contributed by atoms with Crippen LogP contribution in [0.5, 0.6) is 0 Å². The second-order valence-corrected chi connectivity index (χ2v) is 12.6. The van der Waals surface area contributed by atoms with E-state index in [0.717, 1.165) is 63.3 Å². The van der Waals surface area contributed by atoms with Gasteiger partial charge in [0.05, 0.1) is 5.56 Å². The zero-order valence-electron chi connectivity index (χ0n) is 24.2. The van der Waals surface area contributed by atoms with Gasteiger partial charge < -0.3 is 19.4 Å². The van der Waals surface area contributed by atoms with Gasteiger partial charge in [-0.2, -0.15) is 13.2 Å². The van der Waals surface area contributed by atoms with Crippen LogP contribution in [0.4, 0.5) is 17.6 Å². The average molecular weight is 670 g/mol. The van der Waals surface area contributed by atoms with Crippen molar-refractivity contribution in [1.29, 1.82) is 0 Å². The van der Waals surface area contributed by atoms with Crippen molar-refractivity contribution in [2.75, 3.05) is 66.0 Å².